The van der Waals surface area contributed by atoms with E-state index in [4.69, 9.17) is 4.99 Å². The quantitative estimate of drug-likeness (QED) is 0.517. The molecule has 0 aliphatic carbocycles. The molecule has 2 aromatic rings. The lowest BCUT2D eigenvalue weighted by atomic mass is 10.2. The molecular weight excluding hydrogens is 308 g/mol. The van der Waals surface area contributed by atoms with Crippen molar-refractivity contribution in [2.45, 2.75) is 13.1 Å². The predicted octanol–water partition coefficient (Wildman–Crippen LogP) is 3.27. The fourth-order valence-corrected chi connectivity index (χ4v) is 2.84. The minimum absolute atomic E-state index is 0.671. The van der Waals surface area contributed by atoms with Gasteiger partial charge in [0.25, 0.3) is 0 Å². The van der Waals surface area contributed by atoms with Gasteiger partial charge in [-0.2, -0.15) is 0 Å². The van der Waals surface area contributed by atoms with Gasteiger partial charge < -0.3 is 15.1 Å². The minimum Gasteiger partial charge on any atom is -0.364 e. The first-order valence-corrected chi connectivity index (χ1v) is 8.71. The molecule has 0 fully saturated rings. The Labute approximate surface area is 150 Å². The van der Waals surface area contributed by atoms with E-state index in [1.165, 1.54) is 16.8 Å². The van der Waals surface area contributed by atoms with E-state index < -0.39 is 0 Å². The Hall–Kier alpha value is -2.75. The van der Waals surface area contributed by atoms with Gasteiger partial charge >= 0.3 is 0 Å². The van der Waals surface area contributed by atoms with E-state index in [0.717, 1.165) is 25.6 Å². The van der Waals surface area contributed by atoms with Gasteiger partial charge in [-0.05, 0) is 23.3 Å². The number of nitrogens with one attached hydrogen (secondary N) is 1. The molecule has 3 rings (SSSR count). The topological polar surface area (TPSA) is 30.9 Å². The zero-order chi connectivity index (χ0) is 17.5. The first-order chi connectivity index (χ1) is 12.2. The third-order valence-electron chi connectivity index (χ3n) is 4.22. The summed E-state index contributed by atoms with van der Waals surface area (Å²) in [5, 5.41) is 3.43. The van der Waals surface area contributed by atoms with Crippen LogP contribution in [0.15, 0.2) is 71.7 Å². The summed E-state index contributed by atoms with van der Waals surface area (Å²) in [6.45, 7) is 3.43. The normalized spacial score (nSPS) is 14.0. The van der Waals surface area contributed by atoms with Gasteiger partial charge in [0.2, 0.25) is 0 Å². The third kappa shape index (κ3) is 4.86. The fraction of sp³-hybridized carbons (Fsp3) is 0.286. The van der Waals surface area contributed by atoms with E-state index in [2.05, 4.69) is 70.9 Å². The molecule has 0 spiro atoms. The molecule has 2 aromatic carbocycles. The number of aliphatic imine (C=N–C) groups is 1. The Kier molecular flexibility index (Phi) is 5.73. The molecular formula is C21H26N4. The molecule has 4 nitrogen and oxygen atoms in total. The molecule has 130 valence electrons. The lowest BCUT2D eigenvalue weighted by Crippen LogP contribution is -2.36. The van der Waals surface area contributed by atoms with Gasteiger partial charge in [-0.1, -0.05) is 54.6 Å². The smallest absolute Gasteiger partial charge is 0.194 e. The van der Waals surface area contributed by atoms with Gasteiger partial charge in [0.05, 0.1) is 6.54 Å². The Morgan fingerprint density at radius 1 is 1.00 bits per heavy atom. The number of anilines is 1. The van der Waals surface area contributed by atoms with Crippen molar-refractivity contribution < 1.29 is 0 Å². The fourth-order valence-electron chi connectivity index (χ4n) is 2.84. The zero-order valence-electron chi connectivity index (χ0n) is 15.0. The standard InChI is InChI=1S/C21H26N4/c1-24(2)21(22-16-18-9-4-3-5-10-18)23-17-19-11-8-12-20(15-19)25-13-6-7-14-25/h3-12,15H,13-14,16-17H2,1-2H3,(H,22,23). The van der Waals surface area contributed by atoms with Gasteiger partial charge in [0.15, 0.2) is 5.96 Å². The molecule has 0 amide bonds. The summed E-state index contributed by atoms with van der Waals surface area (Å²) in [4.78, 5) is 9.15. The van der Waals surface area contributed by atoms with E-state index in [-0.39, 0.29) is 0 Å². The Morgan fingerprint density at radius 2 is 1.72 bits per heavy atom. The monoisotopic (exact) mass is 334 g/mol. The first-order valence-electron chi connectivity index (χ1n) is 8.71. The van der Waals surface area contributed by atoms with Crippen LogP contribution in [-0.4, -0.2) is 38.0 Å². The number of rotatable bonds is 5. The average molecular weight is 334 g/mol. The second-order valence-corrected chi connectivity index (χ2v) is 6.42. The second-order valence-electron chi connectivity index (χ2n) is 6.42. The van der Waals surface area contributed by atoms with Crippen LogP contribution in [0.5, 0.6) is 0 Å². The maximum absolute atomic E-state index is 4.77. The van der Waals surface area contributed by atoms with E-state index in [1.807, 2.05) is 25.1 Å². The number of hydrogen-bond donors (Lipinski definition) is 1. The molecule has 25 heavy (non-hydrogen) atoms. The summed E-state index contributed by atoms with van der Waals surface area (Å²) in [5.41, 5.74) is 3.74. The van der Waals surface area contributed by atoms with Crippen molar-refractivity contribution in [3.05, 3.63) is 77.9 Å². The van der Waals surface area contributed by atoms with Gasteiger partial charge in [-0.15, -0.1) is 0 Å². The number of nitrogens with zero attached hydrogens (tertiary/aromatic N) is 3. The van der Waals surface area contributed by atoms with Crippen LogP contribution in [-0.2, 0) is 13.1 Å². The van der Waals surface area contributed by atoms with Crippen LogP contribution in [0.25, 0.3) is 0 Å². The Bertz CT molecular complexity index is 727. The van der Waals surface area contributed by atoms with Crippen LogP contribution in [0.1, 0.15) is 11.1 Å². The predicted molar refractivity (Wildman–Crippen MR) is 106 cm³/mol. The first kappa shape index (κ1) is 17.1. The Morgan fingerprint density at radius 3 is 2.44 bits per heavy atom. The Balaban J connectivity index is 1.64. The molecule has 1 N–H and O–H groups in total. The van der Waals surface area contributed by atoms with Gasteiger partial charge in [-0.3, -0.25) is 0 Å². The highest BCUT2D eigenvalue weighted by atomic mass is 15.3. The molecule has 0 atom stereocenters. The zero-order valence-corrected chi connectivity index (χ0v) is 15.0. The van der Waals surface area contributed by atoms with Gasteiger partial charge in [0, 0.05) is 39.4 Å². The molecule has 4 heteroatoms. The SMILES string of the molecule is CN(C)C(=NCc1cccc(N2CC=CC2)c1)NCc1ccccc1. The molecule has 0 radical (unpaired) electrons. The lowest BCUT2D eigenvalue weighted by molar-refractivity contribution is 0.578. The molecule has 1 aliphatic heterocycles. The van der Waals surface area contributed by atoms with Crippen molar-refractivity contribution in [2.75, 3.05) is 32.1 Å². The number of hydrogen-bond acceptors (Lipinski definition) is 2. The maximum atomic E-state index is 4.77. The summed E-state index contributed by atoms with van der Waals surface area (Å²) in [6.07, 6.45) is 4.42. The highest BCUT2D eigenvalue weighted by Gasteiger charge is 2.08. The molecule has 1 heterocycles. The summed E-state index contributed by atoms with van der Waals surface area (Å²) in [7, 11) is 4.03. The van der Waals surface area contributed by atoms with Gasteiger partial charge in [-0.25, -0.2) is 4.99 Å². The molecule has 0 saturated carbocycles. The lowest BCUT2D eigenvalue weighted by Gasteiger charge is -2.19. The minimum atomic E-state index is 0.671. The van der Waals surface area contributed by atoms with Crippen LogP contribution in [0.2, 0.25) is 0 Å². The molecule has 0 unspecified atom stereocenters. The van der Waals surface area contributed by atoms with Crippen molar-refractivity contribution in [3.8, 4) is 0 Å². The van der Waals surface area contributed by atoms with Crippen LogP contribution < -0.4 is 10.2 Å². The van der Waals surface area contributed by atoms with Crippen LogP contribution in [0, 0.1) is 0 Å². The maximum Gasteiger partial charge on any atom is 0.194 e. The molecule has 0 aromatic heterocycles. The van der Waals surface area contributed by atoms with Crippen molar-refractivity contribution >= 4 is 11.6 Å². The average Bonchev–Trinajstić information content (AvgIpc) is 3.17. The summed E-state index contributed by atoms with van der Waals surface area (Å²) in [6, 6.07) is 19.0. The third-order valence-corrected chi connectivity index (χ3v) is 4.22. The molecule has 0 bridgehead atoms. The van der Waals surface area contributed by atoms with E-state index in [0.29, 0.717) is 6.54 Å². The highest BCUT2D eigenvalue weighted by Crippen LogP contribution is 2.19. The number of benzene rings is 2. The van der Waals surface area contributed by atoms with Crippen LogP contribution in [0.4, 0.5) is 5.69 Å². The van der Waals surface area contributed by atoms with Crippen molar-refractivity contribution in [3.63, 3.8) is 0 Å². The molecule has 0 saturated heterocycles. The van der Waals surface area contributed by atoms with Crippen LogP contribution in [0.3, 0.4) is 0 Å². The van der Waals surface area contributed by atoms with Gasteiger partial charge in [0.1, 0.15) is 0 Å². The second kappa shape index (κ2) is 8.38. The van der Waals surface area contributed by atoms with E-state index in [1.54, 1.807) is 0 Å². The van der Waals surface area contributed by atoms with E-state index >= 15 is 0 Å². The van der Waals surface area contributed by atoms with Crippen molar-refractivity contribution in [1.82, 2.24) is 10.2 Å². The summed E-state index contributed by atoms with van der Waals surface area (Å²) < 4.78 is 0. The summed E-state index contributed by atoms with van der Waals surface area (Å²) >= 11 is 0. The van der Waals surface area contributed by atoms with Crippen molar-refractivity contribution in [2.24, 2.45) is 4.99 Å². The highest BCUT2D eigenvalue weighted by molar-refractivity contribution is 5.79. The van der Waals surface area contributed by atoms with Crippen molar-refractivity contribution in [1.29, 1.82) is 0 Å². The van der Waals surface area contributed by atoms with E-state index in [9.17, 15) is 0 Å². The number of guanidine groups is 1. The molecule has 1 aliphatic rings. The summed E-state index contributed by atoms with van der Waals surface area (Å²) in [5.74, 6) is 0.900. The largest absolute Gasteiger partial charge is 0.364 e. The van der Waals surface area contributed by atoms with Crippen LogP contribution >= 0.6 is 0 Å².